The number of carbonyl (C=O) groups excluding carboxylic acids is 4. The van der Waals surface area contributed by atoms with Crippen molar-refractivity contribution in [2.45, 2.75) is 94.3 Å². The van der Waals surface area contributed by atoms with Gasteiger partial charge >= 0.3 is 42.4 Å². The molecule has 2 aromatic heterocycles. The highest BCUT2D eigenvalue weighted by molar-refractivity contribution is 7.23. The summed E-state index contributed by atoms with van der Waals surface area (Å²) in [6.45, 7) is -0.952. The SMILES string of the molecule is O=C(CCF)OC1CCC(OC(=O)CC(F)(F)F)c2ccc(-c3cc4cc5sc(-c6ccc7c(c6)C(OC(=O)CC(F)(F)F)CCC7OC(=O)CC(F)(F)F)cc5cc4s3)cc21. The minimum absolute atomic E-state index is 0.0634. The molecule has 4 atom stereocenters. The number of hydrogen-bond acceptors (Lipinski definition) is 10. The predicted molar refractivity (Wildman–Crippen MR) is 204 cm³/mol. The number of halogens is 10. The molecule has 2 heterocycles. The van der Waals surface area contributed by atoms with E-state index in [4.69, 9.17) is 18.9 Å². The van der Waals surface area contributed by atoms with Gasteiger partial charge in [-0.05, 0) is 106 Å². The number of thiophene rings is 2. The molecule has 0 bridgehead atoms. The van der Waals surface area contributed by atoms with Crippen LogP contribution in [0.1, 0.15) is 98.0 Å². The van der Waals surface area contributed by atoms with E-state index in [0.717, 1.165) is 25.0 Å². The smallest absolute Gasteiger partial charge is 0.399 e. The maximum Gasteiger partial charge on any atom is 0.399 e. The quantitative estimate of drug-likeness (QED) is 0.0733. The van der Waals surface area contributed by atoms with Gasteiger partial charge in [0.1, 0.15) is 43.7 Å². The molecule has 0 aliphatic heterocycles. The number of alkyl halides is 10. The van der Waals surface area contributed by atoms with Crippen molar-refractivity contribution in [1.82, 2.24) is 0 Å². The Kier molecular flexibility index (Phi) is 12.6. The molecule has 8 nitrogen and oxygen atoms in total. The molecule has 2 aliphatic carbocycles. The Labute approximate surface area is 352 Å². The summed E-state index contributed by atoms with van der Waals surface area (Å²) in [5.41, 5.74) is 2.35. The highest BCUT2D eigenvalue weighted by Gasteiger charge is 2.39. The first-order valence-corrected chi connectivity index (χ1v) is 20.5. The van der Waals surface area contributed by atoms with Gasteiger partial charge in [-0.25, -0.2) is 0 Å². The third kappa shape index (κ3) is 10.9. The van der Waals surface area contributed by atoms with E-state index in [1.807, 2.05) is 24.3 Å². The molecule has 0 N–H and O–H groups in total. The molecule has 2 aliphatic rings. The summed E-state index contributed by atoms with van der Waals surface area (Å²) < 4.78 is 152. The Morgan fingerprint density at radius 2 is 0.823 bits per heavy atom. The average molecular weight is 919 g/mol. The first-order chi connectivity index (χ1) is 29.1. The number of fused-ring (bicyclic) bond motifs is 4. The van der Waals surface area contributed by atoms with E-state index < -0.39 is 99.2 Å². The molecule has 330 valence electrons. The molecular weight excluding hydrogens is 887 g/mol. The van der Waals surface area contributed by atoms with Crippen molar-refractivity contribution < 1.29 is 82.0 Å². The van der Waals surface area contributed by atoms with Gasteiger partial charge in [0.15, 0.2) is 0 Å². The molecule has 0 spiro atoms. The second-order valence-corrected chi connectivity index (χ2v) is 16.9. The number of carbonyl (C=O) groups is 4. The number of rotatable bonds is 11. The van der Waals surface area contributed by atoms with Gasteiger partial charge in [-0.3, -0.25) is 23.6 Å². The molecule has 4 unspecified atom stereocenters. The zero-order valence-corrected chi connectivity index (χ0v) is 33.4. The van der Waals surface area contributed by atoms with E-state index in [-0.39, 0.29) is 36.8 Å². The van der Waals surface area contributed by atoms with Gasteiger partial charge in [0.2, 0.25) is 0 Å². The van der Waals surface area contributed by atoms with Crippen molar-refractivity contribution >= 4 is 66.7 Å². The summed E-state index contributed by atoms with van der Waals surface area (Å²) in [6.07, 6.45) is -24.8. The molecule has 0 amide bonds. The second kappa shape index (κ2) is 17.5. The fourth-order valence-electron chi connectivity index (χ4n) is 7.56. The number of ether oxygens (including phenoxy) is 4. The Morgan fingerprint density at radius 1 is 0.484 bits per heavy atom. The molecule has 0 radical (unpaired) electrons. The van der Waals surface area contributed by atoms with Crippen LogP contribution in [0.25, 0.3) is 41.1 Å². The molecule has 5 aromatic rings. The Morgan fingerprint density at radius 3 is 1.16 bits per heavy atom. The van der Waals surface area contributed by atoms with E-state index in [0.29, 0.717) is 27.1 Å². The third-order valence-corrected chi connectivity index (χ3v) is 12.4. The summed E-state index contributed by atoms with van der Waals surface area (Å²) in [4.78, 5) is 50.2. The van der Waals surface area contributed by atoms with E-state index in [1.165, 1.54) is 28.7 Å². The molecule has 0 fully saturated rings. The van der Waals surface area contributed by atoms with Crippen molar-refractivity contribution in [1.29, 1.82) is 0 Å². The monoisotopic (exact) mass is 918 g/mol. The van der Waals surface area contributed by atoms with E-state index >= 15 is 0 Å². The number of benzene rings is 3. The predicted octanol–water partition coefficient (Wildman–Crippen LogP) is 12.6. The lowest BCUT2D eigenvalue weighted by molar-refractivity contribution is -0.181. The van der Waals surface area contributed by atoms with Crippen molar-refractivity contribution in [3.63, 3.8) is 0 Å². The molecular formula is C42H32F10O8S2. The van der Waals surface area contributed by atoms with Crippen LogP contribution in [-0.4, -0.2) is 49.1 Å². The molecule has 62 heavy (non-hydrogen) atoms. The summed E-state index contributed by atoms with van der Waals surface area (Å²) >= 11 is 2.74. The third-order valence-electron chi connectivity index (χ3n) is 10.1. The van der Waals surface area contributed by atoms with Crippen LogP contribution >= 0.6 is 22.7 Å². The van der Waals surface area contributed by atoms with Gasteiger partial charge in [0, 0.05) is 19.2 Å². The number of hydrogen-bond donors (Lipinski definition) is 0. The highest BCUT2D eigenvalue weighted by atomic mass is 32.1. The zero-order valence-electron chi connectivity index (χ0n) is 31.8. The van der Waals surface area contributed by atoms with Gasteiger partial charge in [0.05, 0.1) is 13.1 Å². The topological polar surface area (TPSA) is 105 Å². The first-order valence-electron chi connectivity index (χ1n) is 18.9. The first kappa shape index (κ1) is 44.8. The van der Waals surface area contributed by atoms with Gasteiger partial charge in [-0.1, -0.05) is 24.3 Å². The van der Waals surface area contributed by atoms with Crippen LogP contribution in [0.4, 0.5) is 43.9 Å². The minimum atomic E-state index is -4.85. The van der Waals surface area contributed by atoms with Crippen LogP contribution < -0.4 is 0 Å². The van der Waals surface area contributed by atoms with Crippen LogP contribution in [0.2, 0.25) is 0 Å². The minimum Gasteiger partial charge on any atom is -0.457 e. The van der Waals surface area contributed by atoms with Crippen LogP contribution in [0, 0.1) is 0 Å². The van der Waals surface area contributed by atoms with Gasteiger partial charge in [-0.15, -0.1) is 22.7 Å². The summed E-state index contributed by atoms with van der Waals surface area (Å²) in [5, 5.41) is 1.61. The maximum absolute atomic E-state index is 13.0. The van der Waals surface area contributed by atoms with Crippen molar-refractivity contribution in [2.24, 2.45) is 0 Å². The van der Waals surface area contributed by atoms with Crippen LogP contribution in [0.5, 0.6) is 0 Å². The van der Waals surface area contributed by atoms with Crippen molar-refractivity contribution in [3.8, 4) is 20.9 Å². The Bertz CT molecular complexity index is 2470. The molecule has 0 saturated carbocycles. The molecule has 7 rings (SSSR count). The zero-order chi connectivity index (χ0) is 44.7. The van der Waals surface area contributed by atoms with Crippen LogP contribution in [0.15, 0.2) is 60.7 Å². The lowest BCUT2D eigenvalue weighted by Crippen LogP contribution is -2.26. The van der Waals surface area contributed by atoms with E-state index in [9.17, 15) is 63.1 Å². The fraction of sp³-hybridized carbons (Fsp3) is 0.381. The van der Waals surface area contributed by atoms with Crippen LogP contribution in [-0.2, 0) is 38.1 Å². The lowest BCUT2D eigenvalue weighted by atomic mass is 9.85. The lowest BCUT2D eigenvalue weighted by Gasteiger charge is -2.31. The second-order valence-electron chi connectivity index (χ2n) is 14.7. The molecule has 0 saturated heterocycles. The van der Waals surface area contributed by atoms with Crippen molar-refractivity contribution in [3.05, 3.63) is 82.9 Å². The summed E-state index contributed by atoms with van der Waals surface area (Å²) in [7, 11) is 0. The van der Waals surface area contributed by atoms with Gasteiger partial charge < -0.3 is 18.9 Å². The van der Waals surface area contributed by atoms with Crippen molar-refractivity contribution in [2.75, 3.05) is 6.67 Å². The number of esters is 4. The maximum atomic E-state index is 13.0. The fourth-order valence-corrected chi connectivity index (χ4v) is 9.74. The largest absolute Gasteiger partial charge is 0.457 e. The highest BCUT2D eigenvalue weighted by Crippen LogP contribution is 2.47. The molecule has 3 aromatic carbocycles. The average Bonchev–Trinajstić information content (AvgIpc) is 3.77. The standard InChI is InChI=1S/C42H32F10O8S2/c43-10-9-36(53)57-30-7-5-28(58-37(54)17-40(44,45)46)24-3-1-20(11-26(24)30)32-13-22-15-35-23(16-34(22)61-32)14-33(62-35)21-2-4-25-27(12-21)31(60-39(56)19-42(50,51)52)8-6-29(25)59-38(55)18-41(47,48)49/h1-4,11-16,28-31H,5-10,17-19H2. The van der Waals surface area contributed by atoms with E-state index in [2.05, 4.69) is 0 Å². The molecule has 20 heteroatoms. The Balaban J connectivity index is 1.18. The van der Waals surface area contributed by atoms with Crippen LogP contribution in [0.3, 0.4) is 0 Å². The summed E-state index contributed by atoms with van der Waals surface area (Å²) in [6, 6.07) is 17.2. The normalized spacial score (nSPS) is 19.1. The Hall–Kier alpha value is -5.24. The van der Waals surface area contributed by atoms with Gasteiger partial charge in [0.25, 0.3) is 0 Å². The van der Waals surface area contributed by atoms with E-state index in [1.54, 1.807) is 30.3 Å². The van der Waals surface area contributed by atoms with Gasteiger partial charge in [-0.2, -0.15) is 39.5 Å². The summed E-state index contributed by atoms with van der Waals surface area (Å²) in [5.74, 6) is -5.35.